The lowest BCUT2D eigenvalue weighted by Crippen LogP contribution is -2.49. The van der Waals surface area contributed by atoms with E-state index in [1.165, 1.54) is 11.1 Å². The SMILES string of the molecule is Cc1ccccc1C(NC(=O)N1CCS(=O)(=O)CC1)C1CC1. The molecule has 1 saturated heterocycles. The first-order valence-electron chi connectivity index (χ1n) is 7.78. The molecule has 1 atom stereocenters. The minimum Gasteiger partial charge on any atom is -0.331 e. The minimum absolute atomic E-state index is 0.0345. The molecular weight excluding hydrogens is 300 g/mol. The molecular formula is C16H22N2O3S. The molecule has 1 aromatic carbocycles. The number of urea groups is 1. The number of benzene rings is 1. The second-order valence-corrected chi connectivity index (χ2v) is 8.56. The monoisotopic (exact) mass is 322 g/mol. The molecule has 1 aliphatic heterocycles. The van der Waals surface area contributed by atoms with Crippen molar-refractivity contribution in [3.8, 4) is 0 Å². The molecule has 0 bridgehead atoms. The number of carbonyl (C=O) groups is 1. The molecule has 1 saturated carbocycles. The van der Waals surface area contributed by atoms with Crippen molar-refractivity contribution in [2.45, 2.75) is 25.8 Å². The summed E-state index contributed by atoms with van der Waals surface area (Å²) in [6.07, 6.45) is 2.27. The van der Waals surface area contributed by atoms with E-state index in [0.29, 0.717) is 19.0 Å². The summed E-state index contributed by atoms with van der Waals surface area (Å²) in [4.78, 5) is 14.1. The highest BCUT2D eigenvalue weighted by Gasteiger charge is 2.35. The van der Waals surface area contributed by atoms with Gasteiger partial charge in [0.2, 0.25) is 0 Å². The number of hydrogen-bond donors (Lipinski definition) is 1. The van der Waals surface area contributed by atoms with Gasteiger partial charge in [0.25, 0.3) is 0 Å². The van der Waals surface area contributed by atoms with Crippen LogP contribution in [0.15, 0.2) is 24.3 Å². The van der Waals surface area contributed by atoms with Gasteiger partial charge in [-0.05, 0) is 36.8 Å². The van der Waals surface area contributed by atoms with Crippen LogP contribution in [-0.2, 0) is 9.84 Å². The number of nitrogens with zero attached hydrogens (tertiary/aromatic N) is 1. The average molecular weight is 322 g/mol. The molecule has 1 unspecified atom stereocenters. The average Bonchev–Trinajstić information content (AvgIpc) is 3.30. The zero-order chi connectivity index (χ0) is 15.7. The largest absolute Gasteiger partial charge is 0.331 e. The molecule has 2 amide bonds. The van der Waals surface area contributed by atoms with Gasteiger partial charge in [-0.25, -0.2) is 13.2 Å². The summed E-state index contributed by atoms with van der Waals surface area (Å²) in [6, 6.07) is 8.02. The van der Waals surface area contributed by atoms with Crippen molar-refractivity contribution in [1.82, 2.24) is 10.2 Å². The zero-order valence-electron chi connectivity index (χ0n) is 12.8. The molecule has 1 N–H and O–H groups in total. The third-order valence-electron chi connectivity index (χ3n) is 4.53. The van der Waals surface area contributed by atoms with Gasteiger partial charge in [-0.1, -0.05) is 24.3 Å². The smallest absolute Gasteiger partial charge is 0.317 e. The Morgan fingerprint density at radius 3 is 2.45 bits per heavy atom. The first-order chi connectivity index (χ1) is 10.5. The van der Waals surface area contributed by atoms with Crippen LogP contribution in [0.25, 0.3) is 0 Å². The lowest BCUT2D eigenvalue weighted by molar-refractivity contribution is 0.196. The highest BCUT2D eigenvalue weighted by molar-refractivity contribution is 7.91. The third kappa shape index (κ3) is 3.43. The van der Waals surface area contributed by atoms with Gasteiger partial charge in [-0.2, -0.15) is 0 Å². The van der Waals surface area contributed by atoms with E-state index in [1.807, 2.05) is 12.1 Å². The Labute approximate surface area is 131 Å². The normalized spacial score (nSPS) is 22.1. The van der Waals surface area contributed by atoms with E-state index in [0.717, 1.165) is 12.8 Å². The van der Waals surface area contributed by atoms with Crippen molar-refractivity contribution in [3.63, 3.8) is 0 Å². The predicted octanol–water partition coefficient (Wildman–Crippen LogP) is 1.89. The van der Waals surface area contributed by atoms with Crippen molar-refractivity contribution in [3.05, 3.63) is 35.4 Å². The Bertz CT molecular complexity index is 654. The fourth-order valence-corrected chi connectivity index (χ4v) is 4.16. The van der Waals surface area contributed by atoms with E-state index in [-0.39, 0.29) is 23.6 Å². The molecule has 22 heavy (non-hydrogen) atoms. The molecule has 0 aromatic heterocycles. The van der Waals surface area contributed by atoms with Crippen LogP contribution in [0.2, 0.25) is 0 Å². The number of nitrogens with one attached hydrogen (secondary N) is 1. The highest BCUT2D eigenvalue weighted by Crippen LogP contribution is 2.41. The topological polar surface area (TPSA) is 66.5 Å². The van der Waals surface area contributed by atoms with Crippen molar-refractivity contribution in [2.24, 2.45) is 5.92 Å². The molecule has 0 radical (unpaired) electrons. The molecule has 1 aromatic rings. The lowest BCUT2D eigenvalue weighted by Gasteiger charge is -2.30. The summed E-state index contributed by atoms with van der Waals surface area (Å²) in [5.74, 6) is 0.635. The van der Waals surface area contributed by atoms with Crippen molar-refractivity contribution in [2.75, 3.05) is 24.6 Å². The maximum absolute atomic E-state index is 12.5. The van der Waals surface area contributed by atoms with Crippen LogP contribution in [0.5, 0.6) is 0 Å². The van der Waals surface area contributed by atoms with E-state index in [4.69, 9.17) is 0 Å². The number of sulfone groups is 1. The first-order valence-corrected chi connectivity index (χ1v) is 9.60. The van der Waals surface area contributed by atoms with Crippen molar-refractivity contribution >= 4 is 15.9 Å². The maximum Gasteiger partial charge on any atom is 0.317 e. The van der Waals surface area contributed by atoms with Crippen LogP contribution in [0.4, 0.5) is 4.79 Å². The standard InChI is InChI=1S/C16H22N2O3S/c1-12-4-2-3-5-14(12)15(13-6-7-13)17-16(19)18-8-10-22(20,21)11-9-18/h2-5,13,15H,6-11H2,1H3,(H,17,19). The van der Waals surface area contributed by atoms with Gasteiger partial charge in [0, 0.05) is 13.1 Å². The zero-order valence-corrected chi connectivity index (χ0v) is 13.6. The molecule has 1 aliphatic carbocycles. The Morgan fingerprint density at radius 2 is 1.86 bits per heavy atom. The van der Waals surface area contributed by atoms with E-state index in [1.54, 1.807) is 4.90 Å². The van der Waals surface area contributed by atoms with Gasteiger partial charge in [-0.15, -0.1) is 0 Å². The fourth-order valence-electron chi connectivity index (χ4n) is 2.95. The molecule has 2 fully saturated rings. The molecule has 120 valence electrons. The summed E-state index contributed by atoms with van der Waals surface area (Å²) in [7, 11) is -2.96. The van der Waals surface area contributed by atoms with E-state index < -0.39 is 9.84 Å². The second-order valence-electron chi connectivity index (χ2n) is 6.26. The summed E-state index contributed by atoms with van der Waals surface area (Å²) in [5.41, 5.74) is 2.35. The lowest BCUT2D eigenvalue weighted by atomic mass is 9.98. The molecule has 5 nitrogen and oxygen atoms in total. The molecule has 0 spiro atoms. The van der Waals surface area contributed by atoms with Crippen LogP contribution >= 0.6 is 0 Å². The Morgan fingerprint density at radius 1 is 1.23 bits per heavy atom. The van der Waals surface area contributed by atoms with Gasteiger partial charge in [-0.3, -0.25) is 0 Å². The first kappa shape index (κ1) is 15.3. The van der Waals surface area contributed by atoms with E-state index >= 15 is 0 Å². The van der Waals surface area contributed by atoms with Crippen LogP contribution in [0.3, 0.4) is 0 Å². The molecule has 1 heterocycles. The van der Waals surface area contributed by atoms with Crippen LogP contribution < -0.4 is 5.32 Å². The summed E-state index contributed by atoms with van der Waals surface area (Å²) in [5, 5.41) is 3.13. The van der Waals surface area contributed by atoms with Gasteiger partial charge < -0.3 is 10.2 Å². The number of aryl methyl sites for hydroxylation is 1. The van der Waals surface area contributed by atoms with Gasteiger partial charge in [0.15, 0.2) is 9.84 Å². The summed E-state index contributed by atoms with van der Waals surface area (Å²) in [6.45, 7) is 2.64. The quantitative estimate of drug-likeness (QED) is 0.924. The summed E-state index contributed by atoms with van der Waals surface area (Å²) >= 11 is 0. The predicted molar refractivity (Wildman–Crippen MR) is 85.4 cm³/mol. The van der Waals surface area contributed by atoms with Crippen LogP contribution in [-0.4, -0.2) is 43.9 Å². The number of rotatable bonds is 3. The highest BCUT2D eigenvalue weighted by atomic mass is 32.2. The maximum atomic E-state index is 12.5. The Hall–Kier alpha value is -1.56. The molecule has 6 heteroatoms. The Balaban J connectivity index is 1.70. The molecule has 2 aliphatic rings. The molecule has 3 rings (SSSR count). The van der Waals surface area contributed by atoms with Gasteiger partial charge in [0.05, 0.1) is 17.5 Å². The van der Waals surface area contributed by atoms with Crippen molar-refractivity contribution < 1.29 is 13.2 Å². The third-order valence-corrected chi connectivity index (χ3v) is 6.14. The number of amides is 2. The Kier molecular flexibility index (Phi) is 4.12. The second kappa shape index (κ2) is 5.91. The number of hydrogen-bond acceptors (Lipinski definition) is 3. The minimum atomic E-state index is -2.96. The fraction of sp³-hybridized carbons (Fsp3) is 0.562. The van der Waals surface area contributed by atoms with Crippen molar-refractivity contribution in [1.29, 1.82) is 0 Å². The number of carbonyl (C=O) groups excluding carboxylic acids is 1. The van der Waals surface area contributed by atoms with Gasteiger partial charge in [0.1, 0.15) is 0 Å². The van der Waals surface area contributed by atoms with Gasteiger partial charge >= 0.3 is 6.03 Å². The van der Waals surface area contributed by atoms with E-state index in [9.17, 15) is 13.2 Å². The van der Waals surface area contributed by atoms with Crippen LogP contribution in [0, 0.1) is 12.8 Å². The van der Waals surface area contributed by atoms with Crippen LogP contribution in [0.1, 0.15) is 30.0 Å². The van der Waals surface area contributed by atoms with E-state index in [2.05, 4.69) is 24.4 Å². The summed E-state index contributed by atoms with van der Waals surface area (Å²) < 4.78 is 22.9.